The fourth-order valence-corrected chi connectivity index (χ4v) is 2.49. The molecule has 3 rings (SSSR count). The van der Waals surface area contributed by atoms with E-state index in [2.05, 4.69) is 4.99 Å². The maximum Gasteiger partial charge on any atom is 0.205 e. The first-order valence-electron chi connectivity index (χ1n) is 6.69. The highest BCUT2D eigenvalue weighted by molar-refractivity contribution is 6.32. The van der Waals surface area contributed by atoms with Crippen LogP contribution in [0.1, 0.15) is 15.9 Å². The van der Waals surface area contributed by atoms with E-state index in [0.717, 1.165) is 0 Å². The van der Waals surface area contributed by atoms with Gasteiger partial charge in [0.1, 0.15) is 23.3 Å². The van der Waals surface area contributed by atoms with Crippen LogP contribution >= 0.6 is 11.6 Å². The number of nitriles is 2. The summed E-state index contributed by atoms with van der Waals surface area (Å²) in [6, 6.07) is 17.3. The highest BCUT2D eigenvalue weighted by Gasteiger charge is 2.30. The van der Waals surface area contributed by atoms with Gasteiger partial charge >= 0.3 is 0 Å². The van der Waals surface area contributed by atoms with Crippen LogP contribution in [0.4, 0.5) is 5.69 Å². The van der Waals surface area contributed by atoms with Gasteiger partial charge in [-0.05, 0) is 24.3 Å². The Bertz CT molecular complexity index is 957. The lowest BCUT2D eigenvalue weighted by Gasteiger charge is -2.17. The normalized spacial score (nSPS) is 15.1. The van der Waals surface area contributed by atoms with E-state index >= 15 is 0 Å². The Morgan fingerprint density at radius 3 is 2.09 bits per heavy atom. The minimum atomic E-state index is -0.449. The topological polar surface area (TPSA) is 77.0 Å². The summed E-state index contributed by atoms with van der Waals surface area (Å²) < 4.78 is 0. The van der Waals surface area contributed by atoms with E-state index in [0.29, 0.717) is 27.5 Å². The Kier molecular flexibility index (Phi) is 3.76. The molecule has 0 bridgehead atoms. The molecule has 1 aliphatic rings. The van der Waals surface area contributed by atoms with Crippen LogP contribution in [-0.4, -0.2) is 11.5 Å². The molecule has 108 valence electrons. The quantitative estimate of drug-likeness (QED) is 0.797. The van der Waals surface area contributed by atoms with Crippen molar-refractivity contribution in [2.24, 2.45) is 4.99 Å². The van der Waals surface area contributed by atoms with Crippen molar-refractivity contribution in [1.29, 1.82) is 10.5 Å². The second kappa shape index (κ2) is 5.88. The van der Waals surface area contributed by atoms with Crippen LogP contribution in [0.15, 0.2) is 64.7 Å². The summed E-state index contributed by atoms with van der Waals surface area (Å²) in [4.78, 5) is 16.8. The Morgan fingerprint density at radius 2 is 1.48 bits per heavy atom. The second-order valence-corrected chi connectivity index (χ2v) is 5.22. The van der Waals surface area contributed by atoms with Gasteiger partial charge in [0.15, 0.2) is 0 Å². The van der Waals surface area contributed by atoms with E-state index < -0.39 is 5.78 Å². The van der Waals surface area contributed by atoms with Gasteiger partial charge in [-0.1, -0.05) is 35.9 Å². The minimum absolute atomic E-state index is 0.00819. The summed E-state index contributed by atoms with van der Waals surface area (Å²) in [5, 5.41) is 19.2. The Hall–Kier alpha value is -3.21. The van der Waals surface area contributed by atoms with Crippen LogP contribution in [0.25, 0.3) is 0 Å². The third-order valence-electron chi connectivity index (χ3n) is 3.43. The summed E-state index contributed by atoms with van der Waals surface area (Å²) in [6.45, 7) is 0. The molecule has 0 heterocycles. The lowest BCUT2D eigenvalue weighted by atomic mass is 9.84. The molecule has 23 heavy (non-hydrogen) atoms. The average Bonchev–Trinajstić information content (AvgIpc) is 2.58. The van der Waals surface area contributed by atoms with Crippen molar-refractivity contribution in [3.05, 3.63) is 75.8 Å². The van der Waals surface area contributed by atoms with Gasteiger partial charge < -0.3 is 0 Å². The van der Waals surface area contributed by atoms with Crippen LogP contribution in [0, 0.1) is 22.7 Å². The molecule has 0 saturated heterocycles. The number of benzene rings is 2. The third-order valence-corrected chi connectivity index (χ3v) is 3.68. The zero-order chi connectivity index (χ0) is 16.4. The van der Waals surface area contributed by atoms with Gasteiger partial charge in [-0.15, -0.1) is 0 Å². The number of Topliss-reactive ketones (excluding diaryl/α,β-unsaturated/α-hetero) is 1. The largest absolute Gasteiger partial charge is 0.288 e. The summed E-state index contributed by atoms with van der Waals surface area (Å²) in [6.07, 6.45) is 0. The van der Waals surface area contributed by atoms with Crippen LogP contribution in [0.3, 0.4) is 0 Å². The lowest BCUT2D eigenvalue weighted by Crippen LogP contribution is -2.21. The molecule has 0 aliphatic heterocycles. The standard InChI is InChI=1S/C18H8ClN3O/c19-11-5-7-12(8-6-11)22-17-13-3-1-2-4-14(13)18(23)16(10-21)15(17)9-20/h1-8H. The minimum Gasteiger partial charge on any atom is -0.288 e. The molecule has 4 nitrogen and oxygen atoms in total. The van der Waals surface area contributed by atoms with Crippen molar-refractivity contribution >= 4 is 28.8 Å². The average molecular weight is 318 g/mol. The number of carbonyl (C=O) groups excluding carboxylic acids is 1. The van der Waals surface area contributed by atoms with E-state index in [1.54, 1.807) is 48.5 Å². The smallest absolute Gasteiger partial charge is 0.205 e. The van der Waals surface area contributed by atoms with Gasteiger partial charge in [0, 0.05) is 16.1 Å². The molecule has 0 amide bonds. The number of nitrogens with zero attached hydrogens (tertiary/aromatic N) is 3. The molecule has 1 aliphatic carbocycles. The number of hydrogen-bond donors (Lipinski definition) is 0. The number of fused-ring (bicyclic) bond motifs is 1. The Morgan fingerprint density at radius 1 is 0.870 bits per heavy atom. The maximum atomic E-state index is 12.4. The summed E-state index contributed by atoms with van der Waals surface area (Å²) in [5.41, 5.74) is 1.63. The van der Waals surface area contributed by atoms with Crippen LogP contribution in [0.2, 0.25) is 5.02 Å². The van der Waals surface area contributed by atoms with Gasteiger partial charge in [-0.2, -0.15) is 10.5 Å². The number of carbonyl (C=O) groups is 1. The molecule has 2 aromatic rings. The highest BCUT2D eigenvalue weighted by atomic mass is 35.5. The summed E-state index contributed by atoms with van der Waals surface area (Å²) >= 11 is 5.86. The van der Waals surface area contributed by atoms with Crippen molar-refractivity contribution in [3.63, 3.8) is 0 Å². The molecular formula is C18H8ClN3O. The molecule has 0 radical (unpaired) electrons. The van der Waals surface area contributed by atoms with Gasteiger partial charge in [0.25, 0.3) is 0 Å². The fourth-order valence-electron chi connectivity index (χ4n) is 2.37. The molecule has 2 aromatic carbocycles. The molecule has 0 atom stereocenters. The van der Waals surface area contributed by atoms with Crippen molar-refractivity contribution in [2.45, 2.75) is 0 Å². The van der Waals surface area contributed by atoms with Gasteiger partial charge in [-0.25, -0.2) is 4.99 Å². The third kappa shape index (κ3) is 2.53. The number of allylic oxidation sites excluding steroid dienone is 2. The first-order valence-corrected chi connectivity index (χ1v) is 7.06. The molecule has 0 saturated carbocycles. The zero-order valence-corrected chi connectivity index (χ0v) is 12.5. The number of aliphatic imine (C=N–C) groups is 1. The number of rotatable bonds is 1. The van der Waals surface area contributed by atoms with Crippen molar-refractivity contribution < 1.29 is 4.79 Å². The number of ketones is 1. The predicted molar refractivity (Wildman–Crippen MR) is 86.7 cm³/mol. The monoisotopic (exact) mass is 317 g/mol. The molecule has 0 aromatic heterocycles. The van der Waals surface area contributed by atoms with E-state index in [9.17, 15) is 15.3 Å². The SMILES string of the molecule is N#CC1=C(C#N)C(=Nc2ccc(Cl)cc2)c2ccccc2C1=O. The molecule has 0 fully saturated rings. The van der Waals surface area contributed by atoms with E-state index in [1.807, 2.05) is 12.1 Å². The van der Waals surface area contributed by atoms with Crippen molar-refractivity contribution in [3.8, 4) is 12.1 Å². The molecule has 0 N–H and O–H groups in total. The molecule has 0 spiro atoms. The van der Waals surface area contributed by atoms with Crippen LogP contribution in [-0.2, 0) is 0 Å². The van der Waals surface area contributed by atoms with Crippen LogP contribution in [0.5, 0.6) is 0 Å². The Balaban J connectivity index is 2.29. The summed E-state index contributed by atoms with van der Waals surface area (Å²) in [7, 11) is 0. The maximum absolute atomic E-state index is 12.4. The molecular weight excluding hydrogens is 310 g/mol. The first-order chi connectivity index (χ1) is 11.2. The lowest BCUT2D eigenvalue weighted by molar-refractivity contribution is 0.103. The van der Waals surface area contributed by atoms with Crippen LogP contribution < -0.4 is 0 Å². The first kappa shape index (κ1) is 14.7. The molecule has 5 heteroatoms. The fraction of sp³-hybridized carbons (Fsp3) is 0. The van der Waals surface area contributed by atoms with Gasteiger partial charge in [0.05, 0.1) is 11.4 Å². The van der Waals surface area contributed by atoms with Gasteiger partial charge in [0.2, 0.25) is 5.78 Å². The predicted octanol–water partition coefficient (Wildman–Crippen LogP) is 4.00. The highest BCUT2D eigenvalue weighted by Crippen LogP contribution is 2.28. The number of halogens is 1. The summed E-state index contributed by atoms with van der Waals surface area (Å²) in [5.74, 6) is -0.449. The van der Waals surface area contributed by atoms with Crippen molar-refractivity contribution in [2.75, 3.05) is 0 Å². The zero-order valence-electron chi connectivity index (χ0n) is 11.7. The van der Waals surface area contributed by atoms with Gasteiger partial charge in [-0.3, -0.25) is 4.79 Å². The molecule has 0 unspecified atom stereocenters. The van der Waals surface area contributed by atoms with E-state index in [4.69, 9.17) is 11.6 Å². The van der Waals surface area contributed by atoms with E-state index in [-0.39, 0.29) is 11.1 Å². The van der Waals surface area contributed by atoms with Crippen molar-refractivity contribution in [1.82, 2.24) is 0 Å². The Labute approximate surface area is 137 Å². The van der Waals surface area contributed by atoms with E-state index in [1.165, 1.54) is 0 Å². The second-order valence-electron chi connectivity index (χ2n) is 4.79. The number of hydrogen-bond acceptors (Lipinski definition) is 4.